The van der Waals surface area contributed by atoms with Gasteiger partial charge in [-0.3, -0.25) is 0 Å². The molecule has 1 fully saturated rings. The van der Waals surface area contributed by atoms with Crippen LogP contribution in [0.3, 0.4) is 0 Å². The Bertz CT molecular complexity index is 648. The lowest BCUT2D eigenvalue weighted by Crippen LogP contribution is -2.48. The van der Waals surface area contributed by atoms with E-state index in [1.54, 1.807) is 0 Å². The summed E-state index contributed by atoms with van der Waals surface area (Å²) in [4.78, 5) is 0. The van der Waals surface area contributed by atoms with Crippen molar-refractivity contribution in [3.05, 3.63) is 49.6 Å². The quantitative estimate of drug-likeness (QED) is 0.338. The van der Waals surface area contributed by atoms with Crippen LogP contribution in [0.15, 0.2) is 49.6 Å². The zero-order valence-corrected chi connectivity index (χ0v) is 16.1. The number of rotatable bonds is 12. The van der Waals surface area contributed by atoms with Gasteiger partial charge >= 0.3 is 0 Å². The van der Waals surface area contributed by atoms with Gasteiger partial charge in [-0.15, -0.1) is 13.2 Å². The van der Waals surface area contributed by atoms with E-state index in [1.165, 1.54) is 0 Å². The second-order valence-electron chi connectivity index (χ2n) is 7.96. The fourth-order valence-corrected chi connectivity index (χ4v) is 8.17. The van der Waals surface area contributed by atoms with Gasteiger partial charge in [-0.05, 0) is 38.5 Å². The van der Waals surface area contributed by atoms with E-state index in [-0.39, 0.29) is 11.8 Å². The number of fused-ring (bicyclic) bond motifs is 2. The summed E-state index contributed by atoms with van der Waals surface area (Å²) in [6.45, 7) is 7.52. The van der Waals surface area contributed by atoms with Crippen molar-refractivity contribution in [2.24, 2.45) is 11.8 Å². The molecule has 138 valence electrons. The van der Waals surface area contributed by atoms with Crippen molar-refractivity contribution in [2.45, 2.75) is 73.7 Å². The van der Waals surface area contributed by atoms with Crippen LogP contribution in [0.5, 0.6) is 0 Å². The molecule has 3 aliphatic rings. The van der Waals surface area contributed by atoms with Crippen LogP contribution in [0.1, 0.15) is 64.2 Å². The van der Waals surface area contributed by atoms with E-state index in [9.17, 15) is 8.42 Å². The normalized spacial score (nSPS) is 36.2. The van der Waals surface area contributed by atoms with E-state index >= 15 is 0 Å². The highest BCUT2D eigenvalue weighted by molar-refractivity contribution is 7.95. The average molecular weight is 361 g/mol. The molecule has 25 heavy (non-hydrogen) atoms. The summed E-state index contributed by atoms with van der Waals surface area (Å²) in [5.41, 5.74) is 0. The van der Waals surface area contributed by atoms with Crippen LogP contribution in [0.4, 0.5) is 0 Å². The molecule has 0 aromatic carbocycles. The first-order valence-electron chi connectivity index (χ1n) is 9.90. The first-order valence-corrected chi connectivity index (χ1v) is 11.4. The summed E-state index contributed by atoms with van der Waals surface area (Å²) in [5.74, 6) is 0.453. The number of hydrogen-bond donors (Lipinski definition) is 0. The standard InChI is InChI=1S/C22H32O2S/c1-3-5-7-9-11-15-21-17-13-19-20(14-18-21)22(19,25(21,23)24)16-12-10-8-6-4-2/h3-4,13-14,17-20H,1-2,5-12,15-16H2/t19-,20-,21?,22?/m1/s1. The van der Waals surface area contributed by atoms with Crippen LogP contribution in [-0.4, -0.2) is 17.9 Å². The van der Waals surface area contributed by atoms with Crippen molar-refractivity contribution in [1.29, 1.82) is 0 Å². The van der Waals surface area contributed by atoms with Gasteiger partial charge in [0.05, 0.1) is 4.75 Å². The van der Waals surface area contributed by atoms with E-state index in [0.717, 1.165) is 64.2 Å². The van der Waals surface area contributed by atoms with E-state index < -0.39 is 19.3 Å². The molecule has 1 saturated carbocycles. The smallest absolute Gasteiger partial charge is 0.170 e. The topological polar surface area (TPSA) is 34.1 Å². The Morgan fingerprint density at radius 2 is 1.32 bits per heavy atom. The molecule has 1 aliphatic carbocycles. The predicted octanol–water partition coefficient (Wildman–Crippen LogP) is 5.54. The zero-order chi connectivity index (χ0) is 18.0. The van der Waals surface area contributed by atoms with Crippen molar-refractivity contribution < 1.29 is 8.42 Å². The summed E-state index contributed by atoms with van der Waals surface area (Å²) in [7, 11) is -3.15. The minimum absolute atomic E-state index is 0.226. The molecule has 0 aromatic rings. The predicted molar refractivity (Wildman–Crippen MR) is 106 cm³/mol. The number of allylic oxidation sites excluding steroid dienone is 4. The molecule has 2 nitrogen and oxygen atoms in total. The molecule has 3 rings (SSSR count). The van der Waals surface area contributed by atoms with Gasteiger partial charge in [0.2, 0.25) is 0 Å². The van der Waals surface area contributed by atoms with Crippen LogP contribution in [0, 0.1) is 11.8 Å². The Morgan fingerprint density at radius 3 is 1.84 bits per heavy atom. The maximum absolute atomic E-state index is 13.6. The van der Waals surface area contributed by atoms with E-state index in [2.05, 4.69) is 25.3 Å². The second-order valence-corrected chi connectivity index (χ2v) is 10.5. The molecular weight excluding hydrogens is 328 g/mol. The summed E-state index contributed by atoms with van der Waals surface area (Å²) in [5, 5.41) is 0. The Kier molecular flexibility index (Phi) is 5.43. The minimum atomic E-state index is -3.15. The molecule has 2 heterocycles. The largest absolute Gasteiger partial charge is 0.227 e. The maximum Gasteiger partial charge on any atom is 0.170 e. The Labute approximate surface area is 153 Å². The summed E-state index contributed by atoms with van der Waals surface area (Å²) in [6, 6.07) is 0. The van der Waals surface area contributed by atoms with E-state index in [0.29, 0.717) is 0 Å². The third-order valence-electron chi connectivity index (χ3n) is 6.53. The highest BCUT2D eigenvalue weighted by Gasteiger charge is 2.76. The summed E-state index contributed by atoms with van der Waals surface area (Å²) in [6.07, 6.45) is 22.3. The molecule has 0 saturated heterocycles. The van der Waals surface area contributed by atoms with Crippen LogP contribution >= 0.6 is 0 Å². The molecule has 0 spiro atoms. The van der Waals surface area contributed by atoms with Gasteiger partial charge in [0.25, 0.3) is 0 Å². The molecule has 2 atom stereocenters. The lowest BCUT2D eigenvalue weighted by Gasteiger charge is -2.37. The molecule has 0 N–H and O–H groups in total. The monoisotopic (exact) mass is 360 g/mol. The maximum atomic E-state index is 13.6. The van der Waals surface area contributed by atoms with Gasteiger partial charge in [0.15, 0.2) is 9.84 Å². The zero-order valence-electron chi connectivity index (χ0n) is 15.3. The molecule has 2 bridgehead atoms. The minimum Gasteiger partial charge on any atom is -0.227 e. The molecule has 0 radical (unpaired) electrons. The molecule has 2 aliphatic heterocycles. The highest BCUT2D eigenvalue weighted by atomic mass is 32.2. The highest BCUT2D eigenvalue weighted by Crippen LogP contribution is 2.68. The fraction of sp³-hybridized carbons (Fsp3) is 0.636. The lowest BCUT2D eigenvalue weighted by atomic mass is 9.96. The lowest BCUT2D eigenvalue weighted by molar-refractivity contribution is 0.496. The molecule has 3 heteroatoms. The van der Waals surface area contributed by atoms with Crippen LogP contribution < -0.4 is 0 Å². The fourth-order valence-electron chi connectivity index (χ4n) is 5.02. The number of hydrogen-bond acceptors (Lipinski definition) is 2. The van der Waals surface area contributed by atoms with Gasteiger partial charge in [0, 0.05) is 11.8 Å². The van der Waals surface area contributed by atoms with Crippen LogP contribution in [-0.2, 0) is 9.84 Å². The van der Waals surface area contributed by atoms with Gasteiger partial charge in [-0.2, -0.15) is 0 Å². The van der Waals surface area contributed by atoms with Gasteiger partial charge in [-0.25, -0.2) is 8.42 Å². The van der Waals surface area contributed by atoms with Crippen molar-refractivity contribution in [2.75, 3.05) is 0 Å². The van der Waals surface area contributed by atoms with E-state index in [1.807, 2.05) is 24.3 Å². The number of sulfone groups is 1. The Morgan fingerprint density at radius 1 is 0.800 bits per heavy atom. The molecule has 0 amide bonds. The first kappa shape index (κ1) is 18.7. The van der Waals surface area contributed by atoms with Crippen molar-refractivity contribution in [3.8, 4) is 0 Å². The summed E-state index contributed by atoms with van der Waals surface area (Å²) < 4.78 is 25.9. The van der Waals surface area contributed by atoms with Gasteiger partial charge in [-0.1, -0.05) is 62.1 Å². The first-order chi connectivity index (χ1) is 12.1. The van der Waals surface area contributed by atoms with Crippen molar-refractivity contribution in [3.63, 3.8) is 0 Å². The third-order valence-corrected chi connectivity index (χ3v) is 9.76. The second kappa shape index (κ2) is 7.26. The Balaban J connectivity index is 1.68. The van der Waals surface area contributed by atoms with Gasteiger partial charge < -0.3 is 0 Å². The van der Waals surface area contributed by atoms with Crippen LogP contribution in [0.2, 0.25) is 0 Å². The molecule has 0 aromatic heterocycles. The molecule has 0 unspecified atom stereocenters. The summed E-state index contributed by atoms with van der Waals surface area (Å²) >= 11 is 0. The average Bonchev–Trinajstić information content (AvgIpc) is 3.28. The SMILES string of the molecule is C=CCCCCCC12C=C[C@@H]3[C@@H](C=C1)C3(CCCCCC=C)S2(=O)=O. The van der Waals surface area contributed by atoms with Crippen molar-refractivity contribution >= 4 is 9.84 Å². The third kappa shape index (κ3) is 2.89. The van der Waals surface area contributed by atoms with Gasteiger partial charge in [0.1, 0.15) is 4.75 Å². The number of unbranched alkanes of at least 4 members (excludes halogenated alkanes) is 6. The van der Waals surface area contributed by atoms with Crippen LogP contribution in [0.25, 0.3) is 0 Å². The molecular formula is C22H32O2S. The van der Waals surface area contributed by atoms with E-state index in [4.69, 9.17) is 0 Å². The Hall–Kier alpha value is -1.09. The van der Waals surface area contributed by atoms with Crippen molar-refractivity contribution in [1.82, 2.24) is 0 Å².